The van der Waals surface area contributed by atoms with Crippen LogP contribution < -0.4 is 0 Å². The Morgan fingerprint density at radius 2 is 2.25 bits per heavy atom. The average molecular weight is 158 g/mol. The van der Waals surface area contributed by atoms with Crippen LogP contribution in [0.3, 0.4) is 0 Å². The van der Waals surface area contributed by atoms with Crippen LogP contribution in [-0.2, 0) is 0 Å². The van der Waals surface area contributed by atoms with Gasteiger partial charge in [-0.25, -0.2) is 0 Å². The molecule has 0 nitrogen and oxygen atoms in total. The number of allylic oxidation sites excluding steroid dienone is 4. The van der Waals surface area contributed by atoms with E-state index in [-0.39, 0.29) is 0 Å². The van der Waals surface area contributed by atoms with Crippen LogP contribution in [0.25, 0.3) is 0 Å². The van der Waals surface area contributed by atoms with Crippen molar-refractivity contribution in [2.45, 2.75) is 25.7 Å². The Kier molecular flexibility index (Phi) is 0.856. The van der Waals surface area contributed by atoms with Crippen molar-refractivity contribution in [1.82, 2.24) is 0 Å². The van der Waals surface area contributed by atoms with E-state index in [4.69, 9.17) is 0 Å². The Morgan fingerprint density at radius 1 is 1.25 bits per heavy atom. The molecule has 0 aromatic carbocycles. The highest BCUT2D eigenvalue weighted by Gasteiger charge is 2.51. The number of rotatable bonds is 0. The molecule has 0 aromatic heterocycles. The first-order chi connectivity index (χ1) is 5.93. The Morgan fingerprint density at radius 3 is 3.17 bits per heavy atom. The fourth-order valence-electron chi connectivity index (χ4n) is 4.30. The molecule has 12 heavy (non-hydrogen) atoms. The summed E-state index contributed by atoms with van der Waals surface area (Å²) in [6.45, 7) is 0. The standard InChI is InChI=1S/C12H14/c1-2-8-5-7(1)11-9-3-4-10(6-9)12(8)11/h1-2,7,9-11H,3-6H2. The molecular formula is C12H14. The van der Waals surface area contributed by atoms with Crippen LogP contribution in [0.15, 0.2) is 23.3 Å². The van der Waals surface area contributed by atoms with Crippen molar-refractivity contribution in [3.63, 3.8) is 0 Å². The largest absolute Gasteiger partial charge is 0.0802 e. The number of hydrogen-bond donors (Lipinski definition) is 0. The van der Waals surface area contributed by atoms with Gasteiger partial charge in [0.1, 0.15) is 0 Å². The second kappa shape index (κ2) is 1.71. The zero-order chi connectivity index (χ0) is 7.71. The monoisotopic (exact) mass is 158 g/mol. The minimum Gasteiger partial charge on any atom is -0.0802 e. The zero-order valence-corrected chi connectivity index (χ0v) is 7.29. The maximum absolute atomic E-state index is 2.48. The van der Waals surface area contributed by atoms with E-state index in [9.17, 15) is 0 Å². The number of fused-ring (bicyclic) bond motifs is 8. The Balaban J connectivity index is 1.94. The maximum Gasteiger partial charge on any atom is -0.00998 e. The minimum atomic E-state index is 0.949. The molecule has 0 heteroatoms. The molecule has 0 N–H and O–H groups in total. The second-order valence-corrected chi connectivity index (χ2v) is 5.00. The van der Waals surface area contributed by atoms with Gasteiger partial charge in [-0.2, -0.15) is 0 Å². The van der Waals surface area contributed by atoms with Gasteiger partial charge >= 0.3 is 0 Å². The lowest BCUT2D eigenvalue weighted by Crippen LogP contribution is -2.17. The first-order valence-corrected chi connectivity index (χ1v) is 5.34. The zero-order valence-electron chi connectivity index (χ0n) is 7.29. The van der Waals surface area contributed by atoms with Gasteiger partial charge in [0, 0.05) is 0 Å². The summed E-state index contributed by atoms with van der Waals surface area (Å²) in [5.41, 5.74) is 3.66. The summed E-state index contributed by atoms with van der Waals surface area (Å²) < 4.78 is 0. The lowest BCUT2D eigenvalue weighted by molar-refractivity contribution is 0.348. The summed E-state index contributed by atoms with van der Waals surface area (Å²) >= 11 is 0. The predicted molar refractivity (Wildman–Crippen MR) is 48.6 cm³/mol. The molecule has 2 saturated carbocycles. The summed E-state index contributed by atoms with van der Waals surface area (Å²) in [5.74, 6) is 4.11. The fraction of sp³-hybridized carbons (Fsp3) is 0.667. The van der Waals surface area contributed by atoms with E-state index in [0.717, 1.165) is 23.7 Å². The van der Waals surface area contributed by atoms with Crippen molar-refractivity contribution in [3.05, 3.63) is 23.3 Å². The van der Waals surface area contributed by atoms with Gasteiger partial charge in [0.05, 0.1) is 0 Å². The summed E-state index contributed by atoms with van der Waals surface area (Å²) in [6.07, 6.45) is 10.9. The molecule has 4 rings (SSSR count). The molecule has 4 aliphatic rings. The van der Waals surface area contributed by atoms with E-state index in [1.165, 1.54) is 19.3 Å². The Labute approximate surface area is 73.4 Å². The van der Waals surface area contributed by atoms with Crippen LogP contribution in [0.2, 0.25) is 0 Å². The highest BCUT2D eigenvalue weighted by molar-refractivity contribution is 5.45. The molecule has 0 heterocycles. The molecule has 0 spiro atoms. The van der Waals surface area contributed by atoms with Crippen molar-refractivity contribution in [2.24, 2.45) is 23.7 Å². The fourth-order valence-corrected chi connectivity index (χ4v) is 4.30. The van der Waals surface area contributed by atoms with Crippen molar-refractivity contribution in [1.29, 1.82) is 0 Å². The molecule has 0 aliphatic heterocycles. The van der Waals surface area contributed by atoms with Crippen molar-refractivity contribution in [2.75, 3.05) is 0 Å². The van der Waals surface area contributed by atoms with Gasteiger partial charge in [0.2, 0.25) is 0 Å². The van der Waals surface area contributed by atoms with Gasteiger partial charge in [-0.05, 0) is 54.9 Å². The molecule has 62 valence electrons. The molecule has 2 fully saturated rings. The van der Waals surface area contributed by atoms with Gasteiger partial charge in [-0.1, -0.05) is 17.7 Å². The summed E-state index contributed by atoms with van der Waals surface area (Å²) in [5, 5.41) is 0. The highest BCUT2D eigenvalue weighted by Crippen LogP contribution is 2.62. The smallest absolute Gasteiger partial charge is 0.00998 e. The van der Waals surface area contributed by atoms with Crippen molar-refractivity contribution < 1.29 is 0 Å². The molecule has 4 bridgehead atoms. The quantitative estimate of drug-likeness (QED) is 0.508. The lowest BCUT2D eigenvalue weighted by Gasteiger charge is -2.26. The van der Waals surface area contributed by atoms with E-state index in [2.05, 4.69) is 12.2 Å². The first-order valence-electron chi connectivity index (χ1n) is 5.34. The van der Waals surface area contributed by atoms with Gasteiger partial charge in [-0.15, -0.1) is 0 Å². The molecule has 0 amide bonds. The van der Waals surface area contributed by atoms with E-state index < -0.39 is 0 Å². The SMILES string of the molecule is C1=CC2CC1=C1C3CCC(C3)C12. The molecular weight excluding hydrogens is 144 g/mol. The average Bonchev–Trinajstić information content (AvgIpc) is 2.83. The Hall–Kier alpha value is -0.520. The third kappa shape index (κ3) is 0.485. The summed E-state index contributed by atoms with van der Waals surface area (Å²) in [7, 11) is 0. The van der Waals surface area contributed by atoms with Gasteiger partial charge in [-0.3, -0.25) is 0 Å². The topological polar surface area (TPSA) is 0 Å². The summed E-state index contributed by atoms with van der Waals surface area (Å²) in [6, 6.07) is 0. The lowest BCUT2D eigenvalue weighted by atomic mass is 9.79. The van der Waals surface area contributed by atoms with Crippen LogP contribution >= 0.6 is 0 Å². The van der Waals surface area contributed by atoms with Crippen LogP contribution in [0.5, 0.6) is 0 Å². The van der Waals surface area contributed by atoms with Gasteiger partial charge in [0.15, 0.2) is 0 Å². The van der Waals surface area contributed by atoms with Gasteiger partial charge < -0.3 is 0 Å². The second-order valence-electron chi connectivity index (χ2n) is 5.00. The molecule has 4 unspecified atom stereocenters. The van der Waals surface area contributed by atoms with E-state index in [0.29, 0.717) is 0 Å². The van der Waals surface area contributed by atoms with Crippen LogP contribution in [-0.4, -0.2) is 0 Å². The van der Waals surface area contributed by atoms with Crippen molar-refractivity contribution in [3.8, 4) is 0 Å². The highest BCUT2D eigenvalue weighted by atomic mass is 14.6. The Bertz CT molecular complexity index is 308. The van der Waals surface area contributed by atoms with Gasteiger partial charge in [0.25, 0.3) is 0 Å². The predicted octanol–water partition coefficient (Wildman–Crippen LogP) is 2.92. The third-order valence-electron chi connectivity index (χ3n) is 4.61. The van der Waals surface area contributed by atoms with Crippen LogP contribution in [0, 0.1) is 23.7 Å². The van der Waals surface area contributed by atoms with E-state index >= 15 is 0 Å². The minimum absolute atomic E-state index is 0.949. The van der Waals surface area contributed by atoms with E-state index in [1.54, 1.807) is 12.0 Å². The molecule has 4 atom stereocenters. The normalized spacial score (nSPS) is 52.7. The first kappa shape index (κ1) is 6.01. The third-order valence-corrected chi connectivity index (χ3v) is 4.61. The van der Waals surface area contributed by atoms with E-state index in [1.807, 2.05) is 5.57 Å². The molecule has 4 aliphatic carbocycles. The number of hydrogen-bond acceptors (Lipinski definition) is 0. The molecule has 0 radical (unpaired) electrons. The van der Waals surface area contributed by atoms with Crippen LogP contribution in [0.1, 0.15) is 25.7 Å². The summed E-state index contributed by atoms with van der Waals surface area (Å²) in [4.78, 5) is 0. The molecule has 0 aromatic rings. The molecule has 0 saturated heterocycles. The van der Waals surface area contributed by atoms with Crippen molar-refractivity contribution >= 4 is 0 Å². The van der Waals surface area contributed by atoms with Crippen LogP contribution in [0.4, 0.5) is 0 Å². The maximum atomic E-state index is 2.48.